The number of aliphatic hydroxyl groups is 1. The van der Waals surface area contributed by atoms with E-state index in [2.05, 4.69) is 13.8 Å². The van der Waals surface area contributed by atoms with Gasteiger partial charge in [0, 0.05) is 0 Å². The van der Waals surface area contributed by atoms with E-state index in [-0.39, 0.29) is 6.10 Å². The molecule has 1 aromatic rings. The minimum Gasteiger partial charge on any atom is -0.388 e. The van der Waals surface area contributed by atoms with Gasteiger partial charge in [0.15, 0.2) is 0 Å². The summed E-state index contributed by atoms with van der Waals surface area (Å²) in [7, 11) is 0. The van der Waals surface area contributed by atoms with Gasteiger partial charge >= 0.3 is 0 Å². The first kappa shape index (κ1) is 12.2. The molecule has 2 nitrogen and oxygen atoms in total. The van der Waals surface area contributed by atoms with E-state index in [4.69, 9.17) is 5.73 Å². The minimum atomic E-state index is -0.336. The fraction of sp³-hybridized carbons (Fsp3) is 0.538. The van der Waals surface area contributed by atoms with E-state index in [9.17, 15) is 5.11 Å². The molecule has 1 atom stereocenters. The number of hydrogen-bond donors (Lipinski definition) is 2. The zero-order valence-electron chi connectivity index (χ0n) is 9.61. The molecular weight excluding hydrogens is 186 g/mol. The molecule has 0 aromatic heterocycles. The number of benzene rings is 1. The highest BCUT2D eigenvalue weighted by Gasteiger charge is 2.09. The normalized spacial score (nSPS) is 13.1. The summed E-state index contributed by atoms with van der Waals surface area (Å²) in [6, 6.07) is 8.09. The Morgan fingerprint density at radius 3 is 2.27 bits per heavy atom. The Morgan fingerprint density at radius 1 is 1.20 bits per heavy atom. The maximum absolute atomic E-state index is 9.89. The maximum Gasteiger partial charge on any atom is 0.0792 e. The van der Waals surface area contributed by atoms with Crippen LogP contribution in [0.3, 0.4) is 0 Å². The zero-order valence-corrected chi connectivity index (χ0v) is 9.61. The van der Waals surface area contributed by atoms with Crippen LogP contribution < -0.4 is 5.73 Å². The third kappa shape index (κ3) is 4.02. The summed E-state index contributed by atoms with van der Waals surface area (Å²) in [5, 5.41) is 9.89. The van der Waals surface area contributed by atoms with Crippen molar-refractivity contribution in [2.45, 2.75) is 32.8 Å². The maximum atomic E-state index is 9.89. The van der Waals surface area contributed by atoms with Crippen LogP contribution in [0.25, 0.3) is 0 Å². The molecule has 15 heavy (non-hydrogen) atoms. The molecule has 0 heterocycles. The Morgan fingerprint density at radius 2 is 1.80 bits per heavy atom. The molecule has 1 unspecified atom stereocenters. The lowest BCUT2D eigenvalue weighted by Gasteiger charge is -2.13. The van der Waals surface area contributed by atoms with E-state index in [0.717, 1.165) is 18.4 Å². The quantitative estimate of drug-likeness (QED) is 0.778. The summed E-state index contributed by atoms with van der Waals surface area (Å²) in [5.41, 5.74) is 7.71. The van der Waals surface area contributed by atoms with Crippen molar-refractivity contribution in [2.24, 2.45) is 11.7 Å². The van der Waals surface area contributed by atoms with Gasteiger partial charge in [0.1, 0.15) is 0 Å². The molecule has 0 bridgehead atoms. The van der Waals surface area contributed by atoms with Crippen LogP contribution in [-0.4, -0.2) is 11.7 Å². The molecule has 1 aromatic carbocycles. The monoisotopic (exact) mass is 207 g/mol. The third-order valence-electron chi connectivity index (χ3n) is 2.49. The molecule has 2 heteroatoms. The van der Waals surface area contributed by atoms with Crippen LogP contribution in [0.4, 0.5) is 0 Å². The minimum absolute atomic E-state index is 0.336. The molecule has 0 saturated heterocycles. The van der Waals surface area contributed by atoms with Crippen molar-refractivity contribution < 1.29 is 5.11 Å². The fourth-order valence-corrected chi connectivity index (χ4v) is 1.66. The Balaban J connectivity index is 2.62. The van der Waals surface area contributed by atoms with Gasteiger partial charge in [0.05, 0.1) is 6.10 Å². The second kappa shape index (κ2) is 5.89. The Labute approximate surface area is 92.1 Å². The van der Waals surface area contributed by atoms with Crippen molar-refractivity contribution in [3.8, 4) is 0 Å². The first-order valence-corrected chi connectivity index (χ1v) is 5.60. The lowest BCUT2D eigenvalue weighted by atomic mass is 9.98. The molecule has 0 aliphatic rings. The van der Waals surface area contributed by atoms with Gasteiger partial charge in [0.25, 0.3) is 0 Å². The van der Waals surface area contributed by atoms with Crippen LogP contribution in [0.5, 0.6) is 0 Å². The van der Waals surface area contributed by atoms with Gasteiger partial charge < -0.3 is 10.8 Å². The summed E-state index contributed by atoms with van der Waals surface area (Å²) in [5.74, 6) is 0.517. The lowest BCUT2D eigenvalue weighted by molar-refractivity contribution is 0.151. The van der Waals surface area contributed by atoms with E-state index in [0.29, 0.717) is 12.5 Å². The van der Waals surface area contributed by atoms with Crippen LogP contribution in [0.15, 0.2) is 24.3 Å². The van der Waals surface area contributed by atoms with E-state index < -0.39 is 0 Å². The van der Waals surface area contributed by atoms with Gasteiger partial charge in [-0.2, -0.15) is 0 Å². The van der Waals surface area contributed by atoms with Crippen LogP contribution in [0.2, 0.25) is 0 Å². The average molecular weight is 207 g/mol. The Bertz CT molecular complexity index is 279. The molecule has 0 fully saturated rings. The van der Waals surface area contributed by atoms with E-state index >= 15 is 0 Å². The first-order valence-electron chi connectivity index (χ1n) is 5.60. The Kier molecular flexibility index (Phi) is 4.79. The van der Waals surface area contributed by atoms with Gasteiger partial charge in [-0.25, -0.2) is 0 Å². The molecule has 0 aliphatic carbocycles. The van der Waals surface area contributed by atoms with Crippen LogP contribution in [0.1, 0.15) is 37.5 Å². The summed E-state index contributed by atoms with van der Waals surface area (Å²) >= 11 is 0. The number of aliphatic hydroxyl groups excluding tert-OH is 1. The van der Waals surface area contributed by atoms with Crippen molar-refractivity contribution in [2.75, 3.05) is 6.54 Å². The van der Waals surface area contributed by atoms with Crippen molar-refractivity contribution in [3.63, 3.8) is 0 Å². The second-order valence-electron chi connectivity index (χ2n) is 4.43. The van der Waals surface area contributed by atoms with Crippen LogP contribution in [-0.2, 0) is 6.42 Å². The van der Waals surface area contributed by atoms with Crippen LogP contribution >= 0.6 is 0 Å². The van der Waals surface area contributed by atoms with Crippen molar-refractivity contribution in [1.82, 2.24) is 0 Å². The predicted octanol–water partition coefficient (Wildman–Crippen LogP) is 2.27. The largest absolute Gasteiger partial charge is 0.388 e. The van der Waals surface area contributed by atoms with Gasteiger partial charge in [-0.1, -0.05) is 38.1 Å². The second-order valence-corrected chi connectivity index (χ2v) is 4.43. The fourth-order valence-electron chi connectivity index (χ4n) is 1.66. The number of rotatable bonds is 5. The number of hydrogen-bond acceptors (Lipinski definition) is 2. The molecule has 1 rings (SSSR count). The third-order valence-corrected chi connectivity index (χ3v) is 2.49. The molecule has 0 amide bonds. The average Bonchev–Trinajstić information content (AvgIpc) is 2.18. The summed E-state index contributed by atoms with van der Waals surface area (Å²) < 4.78 is 0. The zero-order chi connectivity index (χ0) is 11.3. The van der Waals surface area contributed by atoms with Crippen LogP contribution in [0, 0.1) is 5.92 Å². The standard InChI is InChI=1S/C13H21NO/c1-10(2)9-13(15)12-5-3-11(4-6-12)7-8-14/h3-6,10,13,15H,7-9,14H2,1-2H3. The van der Waals surface area contributed by atoms with Crippen molar-refractivity contribution in [3.05, 3.63) is 35.4 Å². The molecule has 84 valence electrons. The Hall–Kier alpha value is -0.860. The van der Waals surface area contributed by atoms with E-state index in [1.54, 1.807) is 0 Å². The molecule has 0 aliphatic heterocycles. The molecule has 0 spiro atoms. The van der Waals surface area contributed by atoms with Crippen molar-refractivity contribution >= 4 is 0 Å². The summed E-state index contributed by atoms with van der Waals surface area (Å²) in [6.07, 6.45) is 1.38. The molecule has 0 radical (unpaired) electrons. The number of nitrogens with two attached hydrogens (primary N) is 1. The molecule has 3 N–H and O–H groups in total. The highest BCUT2D eigenvalue weighted by molar-refractivity contribution is 5.24. The first-order chi connectivity index (χ1) is 7.13. The molecular formula is C13H21NO. The highest BCUT2D eigenvalue weighted by atomic mass is 16.3. The summed E-state index contributed by atoms with van der Waals surface area (Å²) in [4.78, 5) is 0. The van der Waals surface area contributed by atoms with E-state index in [1.807, 2.05) is 24.3 Å². The van der Waals surface area contributed by atoms with Gasteiger partial charge in [-0.3, -0.25) is 0 Å². The predicted molar refractivity (Wildman–Crippen MR) is 63.6 cm³/mol. The van der Waals surface area contributed by atoms with E-state index in [1.165, 1.54) is 5.56 Å². The smallest absolute Gasteiger partial charge is 0.0792 e. The lowest BCUT2D eigenvalue weighted by Crippen LogP contribution is -2.04. The van der Waals surface area contributed by atoms with Crippen molar-refractivity contribution in [1.29, 1.82) is 0 Å². The topological polar surface area (TPSA) is 46.2 Å². The van der Waals surface area contributed by atoms with Gasteiger partial charge in [-0.15, -0.1) is 0 Å². The SMILES string of the molecule is CC(C)CC(O)c1ccc(CCN)cc1. The highest BCUT2D eigenvalue weighted by Crippen LogP contribution is 2.21. The molecule has 0 saturated carbocycles. The van der Waals surface area contributed by atoms with Gasteiger partial charge in [-0.05, 0) is 36.4 Å². The summed E-state index contributed by atoms with van der Waals surface area (Å²) in [6.45, 7) is 4.91. The van der Waals surface area contributed by atoms with Gasteiger partial charge in [0.2, 0.25) is 0 Å².